The predicted octanol–water partition coefficient (Wildman–Crippen LogP) is 2.25. The monoisotopic (exact) mass is 287 g/mol. The van der Waals surface area contributed by atoms with Crippen molar-refractivity contribution < 1.29 is 19.1 Å². The van der Waals surface area contributed by atoms with Crippen LogP contribution in [0, 0.1) is 19.8 Å². The lowest BCUT2D eigenvalue weighted by Crippen LogP contribution is -2.22. The second-order valence-corrected chi connectivity index (χ2v) is 5.36. The van der Waals surface area contributed by atoms with Gasteiger partial charge in [0.15, 0.2) is 5.78 Å². The first-order valence-corrected chi connectivity index (χ1v) is 6.79. The zero-order chi connectivity index (χ0) is 15.3. The number of hydrogen-bond donors (Lipinski definition) is 0. The van der Waals surface area contributed by atoms with Crippen LogP contribution in [0.25, 0.3) is 10.9 Å². The van der Waals surface area contributed by atoms with Crippen molar-refractivity contribution in [2.45, 2.75) is 20.4 Å². The molecule has 110 valence electrons. The summed E-state index contributed by atoms with van der Waals surface area (Å²) in [5.41, 5.74) is 3.45. The fourth-order valence-electron chi connectivity index (χ4n) is 3.13. The van der Waals surface area contributed by atoms with E-state index in [0.717, 1.165) is 27.8 Å². The maximum Gasteiger partial charge on any atom is 0.318 e. The molecule has 1 aromatic heterocycles. The van der Waals surface area contributed by atoms with Crippen LogP contribution in [-0.4, -0.2) is 30.5 Å². The van der Waals surface area contributed by atoms with E-state index in [0.29, 0.717) is 12.2 Å². The van der Waals surface area contributed by atoms with Gasteiger partial charge in [0.05, 0.1) is 19.9 Å². The lowest BCUT2D eigenvalue weighted by molar-refractivity contribution is -0.143. The normalized spacial score (nSPS) is 17.1. The molecule has 5 nitrogen and oxygen atoms in total. The highest BCUT2D eigenvalue weighted by Crippen LogP contribution is 2.36. The Kier molecular flexibility index (Phi) is 3.01. The Bertz CT molecular complexity index is 772. The van der Waals surface area contributed by atoms with Crippen LogP contribution in [0.3, 0.4) is 0 Å². The summed E-state index contributed by atoms with van der Waals surface area (Å²) in [6.45, 7) is 4.21. The average Bonchev–Trinajstić information content (AvgIpc) is 2.94. The van der Waals surface area contributed by atoms with E-state index in [2.05, 4.69) is 0 Å². The van der Waals surface area contributed by atoms with Gasteiger partial charge in [0.1, 0.15) is 11.7 Å². The molecule has 1 aliphatic heterocycles. The molecule has 0 saturated heterocycles. The third-order valence-electron chi connectivity index (χ3n) is 4.23. The number of aromatic nitrogens is 1. The number of esters is 1. The highest BCUT2D eigenvalue weighted by molar-refractivity contribution is 6.13. The van der Waals surface area contributed by atoms with Gasteiger partial charge in [-0.1, -0.05) is 0 Å². The quantitative estimate of drug-likeness (QED) is 0.628. The maximum atomic E-state index is 12.5. The first-order valence-electron chi connectivity index (χ1n) is 6.79. The zero-order valence-electron chi connectivity index (χ0n) is 12.5. The highest BCUT2D eigenvalue weighted by atomic mass is 16.5. The largest absolute Gasteiger partial charge is 0.496 e. The number of rotatable bonds is 2. The molecule has 0 aliphatic carbocycles. The molecule has 1 aliphatic rings. The Morgan fingerprint density at radius 1 is 1.29 bits per heavy atom. The number of methoxy groups -OCH3 is 2. The van der Waals surface area contributed by atoms with Gasteiger partial charge < -0.3 is 14.0 Å². The van der Waals surface area contributed by atoms with Crippen LogP contribution in [0.5, 0.6) is 5.75 Å². The fraction of sp³-hybridized carbons (Fsp3) is 0.375. The van der Waals surface area contributed by atoms with Crippen molar-refractivity contribution in [3.8, 4) is 5.75 Å². The summed E-state index contributed by atoms with van der Waals surface area (Å²) in [6.07, 6.45) is 0. The van der Waals surface area contributed by atoms with Gasteiger partial charge in [-0.2, -0.15) is 0 Å². The molecule has 21 heavy (non-hydrogen) atoms. The van der Waals surface area contributed by atoms with E-state index in [9.17, 15) is 9.59 Å². The molecule has 1 atom stereocenters. The first-order chi connectivity index (χ1) is 9.99. The molecule has 1 unspecified atom stereocenters. The number of benzene rings is 1. The molecule has 0 radical (unpaired) electrons. The molecular formula is C16H17NO4. The molecule has 2 heterocycles. The van der Waals surface area contributed by atoms with Gasteiger partial charge in [-0.05, 0) is 37.1 Å². The molecule has 2 aromatic rings. The number of Topliss-reactive ketones (excluding diaryl/α,β-unsaturated/α-hetero) is 1. The van der Waals surface area contributed by atoms with Crippen molar-refractivity contribution >= 4 is 22.7 Å². The van der Waals surface area contributed by atoms with E-state index in [1.165, 1.54) is 7.11 Å². The average molecular weight is 287 g/mol. The molecule has 0 N–H and O–H groups in total. The van der Waals surface area contributed by atoms with Crippen molar-refractivity contribution in [3.05, 3.63) is 29.0 Å². The summed E-state index contributed by atoms with van der Waals surface area (Å²) >= 11 is 0. The molecule has 0 spiro atoms. The van der Waals surface area contributed by atoms with Gasteiger partial charge in [0.25, 0.3) is 0 Å². The van der Waals surface area contributed by atoms with Crippen LogP contribution < -0.4 is 4.74 Å². The molecular weight excluding hydrogens is 270 g/mol. The molecule has 0 amide bonds. The summed E-state index contributed by atoms with van der Waals surface area (Å²) < 4.78 is 12.0. The number of carbonyl (C=O) groups excluding carboxylic acids is 2. The molecule has 0 saturated carbocycles. The predicted molar refractivity (Wildman–Crippen MR) is 77.8 cm³/mol. The minimum Gasteiger partial charge on any atom is -0.496 e. The van der Waals surface area contributed by atoms with Crippen molar-refractivity contribution in [1.82, 2.24) is 4.57 Å². The minimum atomic E-state index is -0.726. The van der Waals surface area contributed by atoms with Gasteiger partial charge in [0.2, 0.25) is 0 Å². The van der Waals surface area contributed by atoms with E-state index >= 15 is 0 Å². The molecule has 3 rings (SSSR count). The van der Waals surface area contributed by atoms with Crippen LogP contribution in [0.2, 0.25) is 0 Å². The van der Waals surface area contributed by atoms with E-state index in [1.54, 1.807) is 7.11 Å². The summed E-state index contributed by atoms with van der Waals surface area (Å²) in [5.74, 6) is -0.559. The topological polar surface area (TPSA) is 57.5 Å². The SMILES string of the molecule is COC(=O)C1Cn2c(c(C)c3cc(OC)c(C)cc32)C1=O. The number of fused-ring (bicyclic) bond motifs is 3. The van der Waals surface area contributed by atoms with Crippen LogP contribution in [0.4, 0.5) is 0 Å². The Morgan fingerprint density at radius 3 is 2.62 bits per heavy atom. The Hall–Kier alpha value is -2.30. The van der Waals surface area contributed by atoms with Gasteiger partial charge in [-0.3, -0.25) is 9.59 Å². The number of ketones is 1. The summed E-state index contributed by atoms with van der Waals surface area (Å²) in [6, 6.07) is 3.95. The van der Waals surface area contributed by atoms with Crippen LogP contribution >= 0.6 is 0 Å². The zero-order valence-corrected chi connectivity index (χ0v) is 12.5. The number of aryl methyl sites for hydroxylation is 2. The maximum absolute atomic E-state index is 12.5. The second kappa shape index (κ2) is 4.62. The summed E-state index contributed by atoms with van der Waals surface area (Å²) in [4.78, 5) is 24.2. The lowest BCUT2D eigenvalue weighted by atomic mass is 10.0. The lowest BCUT2D eigenvalue weighted by Gasteiger charge is -2.09. The highest BCUT2D eigenvalue weighted by Gasteiger charge is 2.39. The Labute approximate surface area is 122 Å². The van der Waals surface area contributed by atoms with E-state index in [4.69, 9.17) is 9.47 Å². The van der Waals surface area contributed by atoms with E-state index in [-0.39, 0.29) is 5.78 Å². The van der Waals surface area contributed by atoms with Crippen LogP contribution in [-0.2, 0) is 16.1 Å². The molecule has 1 aromatic carbocycles. The van der Waals surface area contributed by atoms with Crippen molar-refractivity contribution in [2.24, 2.45) is 5.92 Å². The molecule has 5 heteroatoms. The van der Waals surface area contributed by atoms with Crippen molar-refractivity contribution in [1.29, 1.82) is 0 Å². The third-order valence-corrected chi connectivity index (χ3v) is 4.23. The van der Waals surface area contributed by atoms with Gasteiger partial charge in [-0.15, -0.1) is 0 Å². The Morgan fingerprint density at radius 2 is 2.00 bits per heavy atom. The van der Waals surface area contributed by atoms with Crippen molar-refractivity contribution in [2.75, 3.05) is 14.2 Å². The van der Waals surface area contributed by atoms with Crippen LogP contribution in [0.15, 0.2) is 12.1 Å². The fourth-order valence-corrected chi connectivity index (χ4v) is 3.13. The van der Waals surface area contributed by atoms with Gasteiger partial charge >= 0.3 is 5.97 Å². The van der Waals surface area contributed by atoms with E-state index < -0.39 is 11.9 Å². The van der Waals surface area contributed by atoms with Gasteiger partial charge in [0, 0.05) is 17.4 Å². The van der Waals surface area contributed by atoms with E-state index in [1.807, 2.05) is 30.5 Å². The summed E-state index contributed by atoms with van der Waals surface area (Å²) in [5, 5.41) is 0.990. The summed E-state index contributed by atoms with van der Waals surface area (Å²) in [7, 11) is 2.94. The third kappa shape index (κ3) is 1.77. The number of nitrogens with zero attached hydrogens (tertiary/aromatic N) is 1. The first kappa shape index (κ1) is 13.7. The molecule has 0 fully saturated rings. The second-order valence-electron chi connectivity index (χ2n) is 5.36. The number of ether oxygens (including phenoxy) is 2. The number of hydrogen-bond acceptors (Lipinski definition) is 4. The van der Waals surface area contributed by atoms with Gasteiger partial charge in [-0.25, -0.2) is 0 Å². The number of carbonyl (C=O) groups is 2. The van der Waals surface area contributed by atoms with Crippen molar-refractivity contribution in [3.63, 3.8) is 0 Å². The molecule has 0 bridgehead atoms. The van der Waals surface area contributed by atoms with Crippen LogP contribution in [0.1, 0.15) is 21.6 Å². The Balaban J connectivity index is 2.22. The standard InChI is InChI=1S/C16H17NO4/c1-8-5-12-10(6-13(8)20-3)9(2)14-15(18)11(7-17(12)14)16(19)21-4/h5-6,11H,7H2,1-4H3. The smallest absolute Gasteiger partial charge is 0.318 e. The minimum absolute atomic E-state index is 0.160.